The summed E-state index contributed by atoms with van der Waals surface area (Å²) < 4.78 is 31.8. The summed E-state index contributed by atoms with van der Waals surface area (Å²) in [5, 5.41) is 11.1. The molecule has 0 fully saturated rings. The Kier molecular flexibility index (Phi) is 5.30. The smallest absolute Gasteiger partial charge is 0.271 e. The lowest BCUT2D eigenvalue weighted by Gasteiger charge is -2.23. The molecule has 7 nitrogen and oxygen atoms in total. The Labute approximate surface area is 144 Å². The van der Waals surface area contributed by atoms with E-state index in [-0.39, 0.29) is 27.8 Å². The van der Waals surface area contributed by atoms with E-state index in [1.807, 2.05) is 0 Å². The van der Waals surface area contributed by atoms with E-state index in [4.69, 9.17) is 16.3 Å². The van der Waals surface area contributed by atoms with Crippen LogP contribution in [-0.2, 0) is 10.0 Å². The predicted octanol–water partition coefficient (Wildman–Crippen LogP) is 3.47. The summed E-state index contributed by atoms with van der Waals surface area (Å²) in [5.74, 6) is 0.356. The summed E-state index contributed by atoms with van der Waals surface area (Å²) in [6.45, 7) is 1.74. The van der Waals surface area contributed by atoms with Crippen molar-refractivity contribution in [3.8, 4) is 5.75 Å². The standard InChI is InChI=1S/C15H15ClN2O5S/c1-3-17(11-5-4-6-12(9-11)18(19)20)24(21,22)13-7-8-15(23-2)14(16)10-13/h4-10H,3H2,1-2H3. The highest BCUT2D eigenvalue weighted by atomic mass is 35.5. The summed E-state index contributed by atoms with van der Waals surface area (Å²) in [6.07, 6.45) is 0. The fourth-order valence-corrected chi connectivity index (χ4v) is 4.00. The van der Waals surface area contributed by atoms with E-state index in [0.29, 0.717) is 5.75 Å². The number of non-ortho nitro benzene ring substituents is 1. The van der Waals surface area contributed by atoms with Crippen LogP contribution < -0.4 is 9.04 Å². The lowest BCUT2D eigenvalue weighted by molar-refractivity contribution is -0.384. The Morgan fingerprint density at radius 2 is 1.96 bits per heavy atom. The molecule has 0 atom stereocenters. The Balaban J connectivity index is 2.51. The van der Waals surface area contributed by atoms with Gasteiger partial charge in [-0.05, 0) is 31.2 Å². The van der Waals surface area contributed by atoms with Gasteiger partial charge >= 0.3 is 0 Å². The van der Waals surface area contributed by atoms with E-state index >= 15 is 0 Å². The highest BCUT2D eigenvalue weighted by Gasteiger charge is 2.25. The molecular formula is C15H15ClN2O5S. The molecule has 0 bridgehead atoms. The first-order chi connectivity index (χ1) is 11.3. The second-order valence-corrected chi connectivity index (χ2v) is 7.01. The minimum atomic E-state index is -3.92. The molecule has 24 heavy (non-hydrogen) atoms. The molecule has 0 N–H and O–H groups in total. The fraction of sp³-hybridized carbons (Fsp3) is 0.200. The zero-order valence-electron chi connectivity index (χ0n) is 13.0. The highest BCUT2D eigenvalue weighted by molar-refractivity contribution is 7.92. The van der Waals surface area contributed by atoms with Gasteiger partial charge in [0, 0.05) is 18.7 Å². The maximum absolute atomic E-state index is 12.9. The van der Waals surface area contributed by atoms with Crippen LogP contribution in [0.2, 0.25) is 5.02 Å². The molecule has 0 saturated carbocycles. The molecule has 0 aliphatic heterocycles. The van der Waals surface area contributed by atoms with E-state index in [9.17, 15) is 18.5 Å². The number of sulfonamides is 1. The molecule has 0 aromatic heterocycles. The van der Waals surface area contributed by atoms with Gasteiger partial charge in [-0.15, -0.1) is 0 Å². The average Bonchev–Trinajstić information content (AvgIpc) is 2.55. The zero-order valence-corrected chi connectivity index (χ0v) is 14.5. The minimum Gasteiger partial charge on any atom is -0.495 e. The maximum Gasteiger partial charge on any atom is 0.271 e. The number of ether oxygens (including phenoxy) is 1. The molecule has 9 heteroatoms. The van der Waals surface area contributed by atoms with Gasteiger partial charge in [-0.2, -0.15) is 0 Å². The SMILES string of the molecule is CCN(c1cccc([N+](=O)[O-])c1)S(=O)(=O)c1ccc(OC)c(Cl)c1. The van der Waals surface area contributed by atoms with Gasteiger partial charge in [-0.25, -0.2) is 8.42 Å². The lowest BCUT2D eigenvalue weighted by atomic mass is 10.3. The third-order valence-electron chi connectivity index (χ3n) is 3.33. The first-order valence-electron chi connectivity index (χ1n) is 6.92. The Hall–Kier alpha value is -2.32. The van der Waals surface area contributed by atoms with Crippen LogP contribution in [0.25, 0.3) is 0 Å². The Morgan fingerprint density at radius 1 is 1.25 bits per heavy atom. The van der Waals surface area contributed by atoms with E-state index in [1.165, 1.54) is 49.6 Å². The molecule has 0 heterocycles. The fourth-order valence-electron chi connectivity index (χ4n) is 2.19. The molecule has 0 aliphatic rings. The molecule has 0 saturated heterocycles. The lowest BCUT2D eigenvalue weighted by Crippen LogP contribution is -2.30. The quantitative estimate of drug-likeness (QED) is 0.573. The van der Waals surface area contributed by atoms with Crippen LogP contribution in [0, 0.1) is 10.1 Å². The zero-order chi connectivity index (χ0) is 17.9. The van der Waals surface area contributed by atoms with Gasteiger partial charge in [0.05, 0.1) is 27.6 Å². The highest BCUT2D eigenvalue weighted by Crippen LogP contribution is 2.31. The number of halogens is 1. The van der Waals surface area contributed by atoms with Gasteiger partial charge in [0.25, 0.3) is 15.7 Å². The van der Waals surface area contributed by atoms with Crippen molar-refractivity contribution in [1.29, 1.82) is 0 Å². The summed E-state index contributed by atoms with van der Waals surface area (Å²) >= 11 is 6.00. The van der Waals surface area contributed by atoms with E-state index in [2.05, 4.69) is 0 Å². The maximum atomic E-state index is 12.9. The largest absolute Gasteiger partial charge is 0.495 e. The van der Waals surface area contributed by atoms with Crippen LogP contribution in [0.4, 0.5) is 11.4 Å². The number of nitro benzene ring substituents is 1. The summed E-state index contributed by atoms with van der Waals surface area (Å²) in [4.78, 5) is 10.3. The van der Waals surface area contributed by atoms with Gasteiger partial charge in [0.15, 0.2) is 0 Å². The van der Waals surface area contributed by atoms with Crippen molar-refractivity contribution in [2.24, 2.45) is 0 Å². The molecule has 2 aromatic rings. The predicted molar refractivity (Wildman–Crippen MR) is 91.3 cm³/mol. The van der Waals surface area contributed by atoms with Crippen molar-refractivity contribution in [1.82, 2.24) is 0 Å². The summed E-state index contributed by atoms with van der Waals surface area (Å²) in [7, 11) is -2.50. The van der Waals surface area contributed by atoms with Gasteiger partial charge in [0.2, 0.25) is 0 Å². The number of benzene rings is 2. The van der Waals surface area contributed by atoms with Gasteiger partial charge in [-0.3, -0.25) is 14.4 Å². The molecule has 0 amide bonds. The molecule has 0 radical (unpaired) electrons. The van der Waals surface area contributed by atoms with Crippen LogP contribution in [0.5, 0.6) is 5.75 Å². The molecule has 0 unspecified atom stereocenters. The number of rotatable bonds is 6. The molecule has 0 spiro atoms. The van der Waals surface area contributed by atoms with Gasteiger partial charge in [0.1, 0.15) is 5.75 Å². The van der Waals surface area contributed by atoms with Crippen LogP contribution >= 0.6 is 11.6 Å². The number of methoxy groups -OCH3 is 1. The number of anilines is 1. The van der Waals surface area contributed by atoms with Crippen LogP contribution in [0.15, 0.2) is 47.4 Å². The van der Waals surface area contributed by atoms with Crippen molar-refractivity contribution in [2.75, 3.05) is 18.0 Å². The van der Waals surface area contributed by atoms with E-state index in [1.54, 1.807) is 6.92 Å². The van der Waals surface area contributed by atoms with Crippen LogP contribution in [0.3, 0.4) is 0 Å². The number of nitro groups is 1. The van der Waals surface area contributed by atoms with Crippen molar-refractivity contribution in [3.05, 3.63) is 57.6 Å². The Morgan fingerprint density at radius 3 is 2.50 bits per heavy atom. The first-order valence-corrected chi connectivity index (χ1v) is 8.73. The normalized spacial score (nSPS) is 11.1. The van der Waals surface area contributed by atoms with Gasteiger partial charge < -0.3 is 4.74 Å². The van der Waals surface area contributed by atoms with Crippen molar-refractivity contribution in [3.63, 3.8) is 0 Å². The van der Waals surface area contributed by atoms with Crippen molar-refractivity contribution >= 4 is 33.0 Å². The van der Waals surface area contributed by atoms with E-state index < -0.39 is 14.9 Å². The molecular weight excluding hydrogens is 356 g/mol. The Bertz CT molecular complexity index is 870. The average molecular weight is 371 g/mol. The second kappa shape index (κ2) is 7.06. The van der Waals surface area contributed by atoms with Gasteiger partial charge in [-0.1, -0.05) is 17.7 Å². The van der Waals surface area contributed by atoms with Crippen molar-refractivity contribution < 1.29 is 18.1 Å². The third-order valence-corrected chi connectivity index (χ3v) is 5.52. The summed E-state index contributed by atoms with van der Waals surface area (Å²) in [6, 6.07) is 9.57. The molecule has 128 valence electrons. The van der Waals surface area contributed by atoms with Crippen LogP contribution in [0.1, 0.15) is 6.92 Å². The number of nitrogens with zero attached hydrogens (tertiary/aromatic N) is 2. The number of hydrogen-bond acceptors (Lipinski definition) is 5. The monoisotopic (exact) mass is 370 g/mol. The third kappa shape index (κ3) is 3.44. The van der Waals surface area contributed by atoms with E-state index in [0.717, 1.165) is 4.31 Å². The second-order valence-electron chi connectivity index (χ2n) is 4.74. The minimum absolute atomic E-state index is 0.0262. The van der Waals surface area contributed by atoms with Crippen molar-refractivity contribution in [2.45, 2.75) is 11.8 Å². The molecule has 0 aliphatic carbocycles. The molecule has 2 rings (SSSR count). The van der Waals surface area contributed by atoms with Crippen LogP contribution in [-0.4, -0.2) is 27.0 Å². The topological polar surface area (TPSA) is 89.8 Å². The first kappa shape index (κ1) is 18.0. The summed E-state index contributed by atoms with van der Waals surface area (Å²) in [5.41, 5.74) is 0.0209. The molecule has 2 aromatic carbocycles. The number of hydrogen-bond donors (Lipinski definition) is 0.